The van der Waals surface area contributed by atoms with Crippen LogP contribution in [0.25, 0.3) is 22.2 Å². The number of carbonyl (C=O) groups is 2. The zero-order valence-corrected chi connectivity index (χ0v) is 19.6. The Kier molecular flexibility index (Phi) is 6.15. The van der Waals surface area contributed by atoms with Crippen molar-refractivity contribution in [3.63, 3.8) is 0 Å². The molecule has 0 spiro atoms. The highest BCUT2D eigenvalue weighted by Crippen LogP contribution is 2.37. The number of amides is 1. The third kappa shape index (κ3) is 4.60. The van der Waals surface area contributed by atoms with Crippen LogP contribution in [-0.4, -0.2) is 45.7 Å². The number of hydrogen-bond acceptors (Lipinski definition) is 7. The number of hydrogen-bond donors (Lipinski definition) is 0. The number of pyridine rings is 1. The molecule has 0 saturated carbocycles. The molecule has 0 N–H and O–H groups in total. The van der Waals surface area contributed by atoms with Gasteiger partial charge in [0.25, 0.3) is 0 Å². The lowest BCUT2D eigenvalue weighted by Gasteiger charge is -2.27. The lowest BCUT2D eigenvalue weighted by atomic mass is 10.1. The first-order chi connectivity index (χ1) is 15.3. The molecule has 1 aliphatic rings. The molecular weight excluding hydrogens is 426 g/mol. The normalized spacial score (nSPS) is 16.4. The fraction of sp³-hybridized carbons (Fsp3) is 0.417. The molecule has 8 heteroatoms. The number of benzene rings is 1. The Hall–Kier alpha value is -3.00. The van der Waals surface area contributed by atoms with E-state index < -0.39 is 11.6 Å². The summed E-state index contributed by atoms with van der Waals surface area (Å²) in [4.78, 5) is 36.2. The summed E-state index contributed by atoms with van der Waals surface area (Å²) in [6.07, 6.45) is 1.44. The van der Waals surface area contributed by atoms with Crippen LogP contribution in [0.5, 0.6) is 0 Å². The smallest absolute Gasteiger partial charge is 0.410 e. The number of aromatic nitrogens is 2. The van der Waals surface area contributed by atoms with Crippen molar-refractivity contribution in [2.75, 3.05) is 13.2 Å². The molecule has 4 rings (SSSR count). The average molecular weight is 454 g/mol. The van der Waals surface area contributed by atoms with E-state index in [1.54, 1.807) is 17.9 Å². The number of fused-ring (bicyclic) bond motifs is 1. The van der Waals surface area contributed by atoms with Gasteiger partial charge in [-0.1, -0.05) is 18.2 Å². The zero-order valence-electron chi connectivity index (χ0n) is 18.8. The van der Waals surface area contributed by atoms with Crippen LogP contribution in [-0.2, 0) is 9.47 Å². The van der Waals surface area contributed by atoms with Crippen molar-refractivity contribution in [3.8, 4) is 11.3 Å². The van der Waals surface area contributed by atoms with Crippen LogP contribution < -0.4 is 0 Å². The first-order valence-electron chi connectivity index (χ1n) is 10.8. The van der Waals surface area contributed by atoms with Crippen molar-refractivity contribution in [1.29, 1.82) is 0 Å². The van der Waals surface area contributed by atoms with E-state index in [0.717, 1.165) is 34.5 Å². The largest absolute Gasteiger partial charge is 0.461 e. The Balaban J connectivity index is 1.69. The summed E-state index contributed by atoms with van der Waals surface area (Å²) in [6, 6.07) is 9.29. The maximum atomic E-state index is 12.7. The lowest BCUT2D eigenvalue weighted by molar-refractivity contribution is 0.0224. The fourth-order valence-corrected chi connectivity index (χ4v) is 4.79. The molecule has 7 nitrogen and oxygen atoms in total. The molecule has 0 radical (unpaired) electrons. The SMILES string of the molecule is CCOC(=O)c1cc(-c2csc([C@H]3CCCN3C(=O)OC(C)(C)C)n2)c2ccccc2n1. The first-order valence-corrected chi connectivity index (χ1v) is 11.7. The molecular formula is C24H27N3O4S. The topological polar surface area (TPSA) is 81.6 Å². The maximum Gasteiger partial charge on any atom is 0.410 e. The molecule has 1 atom stereocenters. The number of thiazole rings is 1. The number of para-hydroxylation sites is 1. The fourth-order valence-electron chi connectivity index (χ4n) is 3.82. The number of likely N-dealkylation sites (tertiary alicyclic amines) is 1. The van der Waals surface area contributed by atoms with Crippen molar-refractivity contribution >= 4 is 34.3 Å². The molecule has 1 amide bonds. The number of rotatable bonds is 4. The van der Waals surface area contributed by atoms with Crippen LogP contribution >= 0.6 is 11.3 Å². The van der Waals surface area contributed by atoms with Crippen molar-refractivity contribution in [1.82, 2.24) is 14.9 Å². The van der Waals surface area contributed by atoms with Crippen LogP contribution in [0.4, 0.5) is 4.79 Å². The summed E-state index contributed by atoms with van der Waals surface area (Å²) < 4.78 is 10.7. The van der Waals surface area contributed by atoms with Crippen LogP contribution in [0.1, 0.15) is 62.1 Å². The number of nitrogens with zero attached hydrogens (tertiary/aromatic N) is 3. The monoisotopic (exact) mass is 453 g/mol. The van der Waals surface area contributed by atoms with E-state index in [-0.39, 0.29) is 24.4 Å². The maximum absolute atomic E-state index is 12.7. The van der Waals surface area contributed by atoms with Gasteiger partial charge in [-0.2, -0.15) is 0 Å². The molecule has 168 valence electrons. The van der Waals surface area contributed by atoms with Gasteiger partial charge in [-0.05, 0) is 52.7 Å². The standard InChI is InChI=1S/C24H27N3O4S/c1-5-30-22(28)18-13-16(15-9-6-7-10-17(15)25-18)19-14-32-21(26-19)20-11-8-12-27(20)23(29)31-24(2,3)4/h6-7,9-10,13-14,20H,5,8,11-12H2,1-4H3/t20-/m1/s1. The van der Waals surface area contributed by atoms with Crippen LogP contribution in [0, 0.1) is 0 Å². The molecule has 2 aromatic heterocycles. The van der Waals surface area contributed by atoms with E-state index in [4.69, 9.17) is 14.5 Å². The van der Waals surface area contributed by atoms with E-state index >= 15 is 0 Å². The Morgan fingerprint density at radius 1 is 1.22 bits per heavy atom. The molecule has 0 unspecified atom stereocenters. The van der Waals surface area contributed by atoms with Crippen LogP contribution in [0.3, 0.4) is 0 Å². The molecule has 1 aromatic carbocycles. The van der Waals surface area contributed by atoms with E-state index in [2.05, 4.69) is 4.98 Å². The van der Waals surface area contributed by atoms with Crippen LogP contribution in [0.2, 0.25) is 0 Å². The molecule has 32 heavy (non-hydrogen) atoms. The summed E-state index contributed by atoms with van der Waals surface area (Å²) in [6.45, 7) is 8.31. The summed E-state index contributed by atoms with van der Waals surface area (Å²) in [5.74, 6) is -0.457. The molecule has 1 aliphatic heterocycles. The second kappa shape index (κ2) is 8.86. The van der Waals surface area contributed by atoms with Gasteiger partial charge in [0.05, 0.1) is 23.9 Å². The van der Waals surface area contributed by atoms with Gasteiger partial charge in [-0.3, -0.25) is 4.90 Å². The zero-order chi connectivity index (χ0) is 22.9. The van der Waals surface area contributed by atoms with Gasteiger partial charge in [0.2, 0.25) is 0 Å². The minimum absolute atomic E-state index is 0.110. The highest BCUT2D eigenvalue weighted by molar-refractivity contribution is 7.10. The Labute approximate surface area is 191 Å². The Bertz CT molecular complexity index is 1150. The second-order valence-electron chi connectivity index (χ2n) is 8.70. The summed E-state index contributed by atoms with van der Waals surface area (Å²) in [5, 5.41) is 3.74. The molecule has 3 aromatic rings. The first kappa shape index (κ1) is 22.2. The van der Waals surface area contributed by atoms with Gasteiger partial charge in [0, 0.05) is 22.9 Å². The number of carbonyl (C=O) groups excluding carboxylic acids is 2. The highest BCUT2D eigenvalue weighted by Gasteiger charge is 2.35. The molecule has 0 bridgehead atoms. The lowest BCUT2D eigenvalue weighted by Crippen LogP contribution is -2.36. The minimum Gasteiger partial charge on any atom is -0.461 e. The predicted molar refractivity (Wildman–Crippen MR) is 124 cm³/mol. The highest BCUT2D eigenvalue weighted by atomic mass is 32.1. The van der Waals surface area contributed by atoms with Crippen LogP contribution in [0.15, 0.2) is 35.7 Å². The molecule has 1 saturated heterocycles. The van der Waals surface area contributed by atoms with Gasteiger partial charge >= 0.3 is 12.1 Å². The Morgan fingerprint density at radius 3 is 2.75 bits per heavy atom. The van der Waals surface area contributed by atoms with Gasteiger partial charge in [0.15, 0.2) is 0 Å². The van der Waals surface area contributed by atoms with Gasteiger partial charge < -0.3 is 9.47 Å². The average Bonchev–Trinajstić information content (AvgIpc) is 3.41. The van der Waals surface area contributed by atoms with E-state index in [1.807, 2.05) is 50.4 Å². The van der Waals surface area contributed by atoms with E-state index in [1.165, 1.54) is 11.3 Å². The van der Waals surface area contributed by atoms with Crippen molar-refractivity contribution in [3.05, 3.63) is 46.4 Å². The van der Waals surface area contributed by atoms with E-state index in [0.29, 0.717) is 12.1 Å². The quantitative estimate of drug-likeness (QED) is 0.478. The van der Waals surface area contributed by atoms with Gasteiger partial charge in [-0.15, -0.1) is 11.3 Å². The van der Waals surface area contributed by atoms with Gasteiger partial charge in [-0.25, -0.2) is 19.6 Å². The van der Waals surface area contributed by atoms with Crippen molar-refractivity contribution < 1.29 is 19.1 Å². The number of esters is 1. The number of ether oxygens (including phenoxy) is 2. The third-order valence-corrected chi connectivity index (χ3v) is 6.11. The van der Waals surface area contributed by atoms with Crippen molar-refractivity contribution in [2.24, 2.45) is 0 Å². The van der Waals surface area contributed by atoms with Crippen molar-refractivity contribution in [2.45, 2.75) is 52.2 Å². The molecule has 1 fully saturated rings. The van der Waals surface area contributed by atoms with Gasteiger partial charge in [0.1, 0.15) is 16.3 Å². The predicted octanol–water partition coefficient (Wildman–Crippen LogP) is 5.61. The summed E-state index contributed by atoms with van der Waals surface area (Å²) >= 11 is 1.52. The summed E-state index contributed by atoms with van der Waals surface area (Å²) in [5.41, 5.74) is 2.00. The Morgan fingerprint density at radius 2 is 2.00 bits per heavy atom. The minimum atomic E-state index is -0.544. The third-order valence-electron chi connectivity index (χ3n) is 5.16. The molecule has 0 aliphatic carbocycles. The second-order valence-corrected chi connectivity index (χ2v) is 9.59. The van der Waals surface area contributed by atoms with E-state index in [9.17, 15) is 9.59 Å². The molecule has 3 heterocycles. The summed E-state index contributed by atoms with van der Waals surface area (Å²) in [7, 11) is 0.